The smallest absolute Gasteiger partial charge is 0.0396 e. The van der Waals surface area contributed by atoms with E-state index < -0.39 is 0 Å². The molecule has 0 aromatic carbocycles. The predicted octanol–water partition coefficient (Wildman–Crippen LogP) is -0.400. The molecule has 0 saturated carbocycles. The van der Waals surface area contributed by atoms with Crippen LogP contribution in [0.5, 0.6) is 0 Å². The molecule has 1 N–H and O–H groups in total. The maximum Gasteiger partial charge on any atom is 0.0396 e. The number of rotatable bonds is 2. The molecule has 1 fully saturated rings. The molecule has 0 amide bonds. The summed E-state index contributed by atoms with van der Waals surface area (Å²) in [5.41, 5.74) is 0. The molecule has 0 atom stereocenters. The third-order valence-electron chi connectivity index (χ3n) is 1.21. The van der Waals surface area contributed by atoms with E-state index in [9.17, 15) is 0 Å². The van der Waals surface area contributed by atoms with Crippen molar-refractivity contribution in [2.45, 2.75) is 0 Å². The maximum atomic E-state index is 4.64. The summed E-state index contributed by atoms with van der Waals surface area (Å²) in [7, 11) is 0. The van der Waals surface area contributed by atoms with Crippen molar-refractivity contribution in [1.29, 1.82) is 0 Å². The van der Waals surface area contributed by atoms with Gasteiger partial charge in [0.2, 0.25) is 0 Å². The summed E-state index contributed by atoms with van der Waals surface area (Å²) in [6.45, 7) is 3.58. The number of hydrogen-bond acceptors (Lipinski definition) is 5. The van der Waals surface area contributed by atoms with E-state index in [2.05, 4.69) is 27.5 Å². The van der Waals surface area contributed by atoms with Crippen LogP contribution >= 0.6 is 12.9 Å². The minimum Gasteiger partial charge on any atom is -0.314 e. The maximum absolute atomic E-state index is 4.64. The van der Waals surface area contributed by atoms with Crippen molar-refractivity contribution >= 4 is 12.9 Å². The Morgan fingerprint density at radius 2 is 2.00 bits per heavy atom. The average molecular weight is 150 g/mol. The number of thiol groups is 1. The van der Waals surface area contributed by atoms with Crippen LogP contribution in [0.3, 0.4) is 0 Å². The largest absolute Gasteiger partial charge is 0.314 e. The number of nitrogens with zero attached hydrogens (tertiary/aromatic N) is 1. The van der Waals surface area contributed by atoms with Crippen molar-refractivity contribution in [1.82, 2.24) is 10.4 Å². The number of piperazine rings is 1. The zero-order valence-electron chi connectivity index (χ0n) is 5.04. The first-order valence-electron chi connectivity index (χ1n) is 2.87. The molecule has 0 aliphatic carbocycles. The second-order valence-corrected chi connectivity index (χ2v) is 1.98. The summed E-state index contributed by atoms with van der Waals surface area (Å²) < 4.78 is 4.17. The highest BCUT2D eigenvalue weighted by Gasteiger charge is 2.09. The van der Waals surface area contributed by atoms with Gasteiger partial charge in [-0.2, -0.15) is 5.06 Å². The van der Waals surface area contributed by atoms with Gasteiger partial charge in [-0.15, -0.1) is 9.32 Å². The van der Waals surface area contributed by atoms with Gasteiger partial charge < -0.3 is 5.32 Å². The summed E-state index contributed by atoms with van der Waals surface area (Å²) in [5, 5.41) is 4.88. The Morgan fingerprint density at radius 3 is 2.56 bits per heavy atom. The first-order chi connectivity index (χ1) is 4.43. The lowest BCUT2D eigenvalue weighted by molar-refractivity contribution is -0.360. The van der Waals surface area contributed by atoms with Crippen LogP contribution in [0, 0.1) is 0 Å². The molecule has 5 heteroatoms. The lowest BCUT2D eigenvalue weighted by Crippen LogP contribution is -2.42. The Morgan fingerprint density at radius 1 is 1.33 bits per heavy atom. The van der Waals surface area contributed by atoms with Crippen LogP contribution in [-0.4, -0.2) is 31.2 Å². The predicted molar refractivity (Wildman–Crippen MR) is 35.6 cm³/mol. The molecule has 0 radical (unpaired) electrons. The SMILES string of the molecule is SOON1CCNCC1. The zero-order chi connectivity index (χ0) is 6.53. The van der Waals surface area contributed by atoms with Gasteiger partial charge in [0.15, 0.2) is 0 Å². The van der Waals surface area contributed by atoms with Crippen molar-refractivity contribution in [2.24, 2.45) is 0 Å². The van der Waals surface area contributed by atoms with Gasteiger partial charge in [-0.05, 0) is 0 Å². The molecule has 1 saturated heterocycles. The Labute approximate surface area is 59.6 Å². The Balaban J connectivity index is 2.08. The van der Waals surface area contributed by atoms with Crippen LogP contribution in [0.25, 0.3) is 0 Å². The quantitative estimate of drug-likeness (QED) is 0.243. The number of hydroxylamine groups is 2. The van der Waals surface area contributed by atoms with Crippen molar-refractivity contribution in [3.05, 3.63) is 0 Å². The van der Waals surface area contributed by atoms with Crippen LogP contribution in [0.2, 0.25) is 0 Å². The minimum atomic E-state index is 0.848. The molecule has 0 spiro atoms. The lowest BCUT2D eigenvalue weighted by Gasteiger charge is -2.23. The second-order valence-electron chi connectivity index (χ2n) is 1.83. The molecule has 0 aromatic heterocycles. The summed E-state index contributed by atoms with van der Waals surface area (Å²) in [6, 6.07) is 0. The molecule has 9 heavy (non-hydrogen) atoms. The van der Waals surface area contributed by atoms with Gasteiger partial charge in [0.05, 0.1) is 0 Å². The van der Waals surface area contributed by atoms with Gasteiger partial charge in [0.25, 0.3) is 0 Å². The summed E-state index contributed by atoms with van der Waals surface area (Å²) in [6.07, 6.45) is 0. The second kappa shape index (κ2) is 4.08. The van der Waals surface area contributed by atoms with E-state index >= 15 is 0 Å². The highest BCUT2D eigenvalue weighted by atomic mass is 32.1. The van der Waals surface area contributed by atoms with E-state index in [0.29, 0.717) is 0 Å². The van der Waals surface area contributed by atoms with Gasteiger partial charge in [-0.3, -0.25) is 0 Å². The number of hydrogen-bond donors (Lipinski definition) is 2. The zero-order valence-corrected chi connectivity index (χ0v) is 5.93. The summed E-state index contributed by atoms with van der Waals surface area (Å²) in [5.74, 6) is 0. The summed E-state index contributed by atoms with van der Waals surface area (Å²) >= 11 is 3.45. The highest BCUT2D eigenvalue weighted by Crippen LogP contribution is 1.94. The van der Waals surface area contributed by atoms with Gasteiger partial charge in [0.1, 0.15) is 0 Å². The third kappa shape index (κ3) is 2.51. The fraction of sp³-hybridized carbons (Fsp3) is 1.00. The van der Waals surface area contributed by atoms with Crippen molar-refractivity contribution in [3.8, 4) is 0 Å². The molecule has 1 aliphatic rings. The van der Waals surface area contributed by atoms with E-state index in [1.165, 1.54) is 0 Å². The fourth-order valence-electron chi connectivity index (χ4n) is 0.766. The van der Waals surface area contributed by atoms with E-state index in [0.717, 1.165) is 26.2 Å². The molecular formula is C4H10N2O2S. The molecule has 1 aliphatic heterocycles. The van der Waals surface area contributed by atoms with Crippen molar-refractivity contribution < 1.29 is 9.32 Å². The van der Waals surface area contributed by atoms with E-state index in [1.807, 2.05) is 0 Å². The first kappa shape index (κ1) is 7.30. The Hall–Kier alpha value is 0.190. The topological polar surface area (TPSA) is 33.7 Å². The third-order valence-corrected chi connectivity index (χ3v) is 1.28. The standard InChI is InChI=1S/C4H10N2O2S/c9-8-7-6-3-1-5-2-4-6/h5,9H,1-4H2. The fourth-order valence-corrected chi connectivity index (χ4v) is 0.860. The van der Waals surface area contributed by atoms with Crippen LogP contribution in [0.1, 0.15) is 0 Å². The van der Waals surface area contributed by atoms with Gasteiger partial charge >= 0.3 is 0 Å². The normalized spacial score (nSPS) is 22.3. The van der Waals surface area contributed by atoms with Gasteiger partial charge in [0, 0.05) is 39.1 Å². The van der Waals surface area contributed by atoms with Crippen LogP contribution < -0.4 is 5.32 Å². The van der Waals surface area contributed by atoms with E-state index in [1.54, 1.807) is 5.06 Å². The average Bonchev–Trinajstić information content (AvgIpc) is 1.91. The molecule has 1 rings (SSSR count). The molecule has 54 valence electrons. The summed E-state index contributed by atoms with van der Waals surface area (Å²) in [4.78, 5) is 4.64. The first-order valence-corrected chi connectivity index (χ1v) is 3.24. The van der Waals surface area contributed by atoms with Crippen LogP contribution in [-0.2, 0) is 9.32 Å². The molecule has 4 nitrogen and oxygen atoms in total. The molecule has 0 unspecified atom stereocenters. The van der Waals surface area contributed by atoms with E-state index in [-0.39, 0.29) is 0 Å². The molecule has 0 bridgehead atoms. The number of nitrogens with one attached hydrogen (secondary N) is 1. The lowest BCUT2D eigenvalue weighted by atomic mass is 10.4. The molecule has 0 aromatic rings. The Bertz CT molecular complexity index is 74.2. The van der Waals surface area contributed by atoms with Crippen molar-refractivity contribution in [3.63, 3.8) is 0 Å². The van der Waals surface area contributed by atoms with Crippen molar-refractivity contribution in [2.75, 3.05) is 26.2 Å². The van der Waals surface area contributed by atoms with Crippen LogP contribution in [0.4, 0.5) is 0 Å². The molecule has 1 heterocycles. The van der Waals surface area contributed by atoms with E-state index in [4.69, 9.17) is 0 Å². The van der Waals surface area contributed by atoms with Crippen LogP contribution in [0.15, 0.2) is 0 Å². The monoisotopic (exact) mass is 150 g/mol. The minimum absolute atomic E-state index is 0.848. The molecular weight excluding hydrogens is 140 g/mol. The highest BCUT2D eigenvalue weighted by molar-refractivity contribution is 7.74. The van der Waals surface area contributed by atoms with Gasteiger partial charge in [-0.25, -0.2) is 0 Å². The Kier molecular flexibility index (Phi) is 3.31. The van der Waals surface area contributed by atoms with Gasteiger partial charge in [-0.1, -0.05) is 0 Å².